The number of guanidine groups is 1. The number of halogens is 1. The molecule has 2 aromatic rings. The highest BCUT2D eigenvalue weighted by Gasteiger charge is 2.04. The van der Waals surface area contributed by atoms with Crippen LogP contribution in [0.25, 0.3) is 0 Å². The average Bonchev–Trinajstić information content (AvgIpc) is 2.93. The van der Waals surface area contributed by atoms with Crippen molar-refractivity contribution < 1.29 is 4.74 Å². The molecule has 1 aromatic heterocycles. The molecule has 0 spiro atoms. The van der Waals surface area contributed by atoms with Crippen molar-refractivity contribution in [1.29, 1.82) is 0 Å². The predicted molar refractivity (Wildman–Crippen MR) is 96.8 cm³/mol. The molecular formula is C16H20BrN3OS. The van der Waals surface area contributed by atoms with Gasteiger partial charge in [-0.3, -0.25) is 4.99 Å². The number of benzene rings is 1. The zero-order valence-corrected chi connectivity index (χ0v) is 15.3. The van der Waals surface area contributed by atoms with Crippen LogP contribution in [-0.2, 0) is 13.1 Å². The second-order valence-electron chi connectivity index (χ2n) is 4.78. The lowest BCUT2D eigenvalue weighted by Crippen LogP contribution is -2.36. The van der Waals surface area contributed by atoms with Crippen LogP contribution >= 0.6 is 27.3 Å². The Morgan fingerprint density at radius 2 is 2.05 bits per heavy atom. The topological polar surface area (TPSA) is 45.7 Å². The summed E-state index contributed by atoms with van der Waals surface area (Å²) in [6.45, 7) is 3.61. The van der Waals surface area contributed by atoms with Gasteiger partial charge in [0.2, 0.25) is 0 Å². The Morgan fingerprint density at radius 1 is 1.27 bits per heavy atom. The van der Waals surface area contributed by atoms with E-state index in [2.05, 4.69) is 49.9 Å². The minimum absolute atomic E-state index is 0.700. The van der Waals surface area contributed by atoms with E-state index >= 15 is 0 Å². The van der Waals surface area contributed by atoms with E-state index in [-0.39, 0.29) is 0 Å². The Balaban J connectivity index is 1.88. The normalized spacial score (nSPS) is 11.4. The highest BCUT2D eigenvalue weighted by Crippen LogP contribution is 2.25. The molecule has 0 aliphatic rings. The van der Waals surface area contributed by atoms with Gasteiger partial charge in [-0.1, -0.05) is 6.07 Å². The molecule has 0 atom stereocenters. The first-order valence-corrected chi connectivity index (χ1v) is 8.61. The number of hydrogen-bond donors (Lipinski definition) is 2. The third-order valence-electron chi connectivity index (χ3n) is 3.28. The third-order valence-corrected chi connectivity index (χ3v) is 4.93. The summed E-state index contributed by atoms with van der Waals surface area (Å²) in [5, 5.41) is 8.76. The summed E-state index contributed by atoms with van der Waals surface area (Å²) in [4.78, 5) is 5.58. The van der Waals surface area contributed by atoms with E-state index < -0.39 is 0 Å². The molecule has 0 unspecified atom stereocenters. The first-order chi connectivity index (χ1) is 10.6. The average molecular weight is 382 g/mol. The van der Waals surface area contributed by atoms with Crippen LogP contribution in [0.3, 0.4) is 0 Å². The van der Waals surface area contributed by atoms with Crippen molar-refractivity contribution in [2.75, 3.05) is 14.2 Å². The number of aliphatic imine (C=N–C) groups is 1. The van der Waals surface area contributed by atoms with Crippen LogP contribution in [0.1, 0.15) is 16.0 Å². The van der Waals surface area contributed by atoms with Crippen molar-refractivity contribution in [2.45, 2.75) is 20.0 Å². The zero-order chi connectivity index (χ0) is 15.9. The van der Waals surface area contributed by atoms with E-state index in [1.807, 2.05) is 18.2 Å². The quantitative estimate of drug-likeness (QED) is 0.613. The molecule has 22 heavy (non-hydrogen) atoms. The number of nitrogens with one attached hydrogen (secondary N) is 2. The maximum absolute atomic E-state index is 5.24. The van der Waals surface area contributed by atoms with Gasteiger partial charge in [-0.05, 0) is 57.6 Å². The first-order valence-electron chi connectivity index (χ1n) is 6.94. The molecule has 4 nitrogen and oxygen atoms in total. The van der Waals surface area contributed by atoms with Gasteiger partial charge in [-0.2, -0.15) is 0 Å². The van der Waals surface area contributed by atoms with Crippen molar-refractivity contribution in [3.8, 4) is 5.75 Å². The molecule has 0 saturated heterocycles. The van der Waals surface area contributed by atoms with Crippen molar-refractivity contribution in [1.82, 2.24) is 10.6 Å². The van der Waals surface area contributed by atoms with E-state index in [0.29, 0.717) is 6.54 Å². The van der Waals surface area contributed by atoms with Gasteiger partial charge in [0, 0.05) is 18.5 Å². The smallest absolute Gasteiger partial charge is 0.191 e. The fourth-order valence-corrected chi connectivity index (χ4v) is 3.41. The van der Waals surface area contributed by atoms with E-state index in [1.54, 1.807) is 25.5 Å². The zero-order valence-electron chi connectivity index (χ0n) is 12.9. The van der Waals surface area contributed by atoms with Crippen LogP contribution in [0.4, 0.5) is 0 Å². The third kappa shape index (κ3) is 4.48. The predicted octanol–water partition coefficient (Wildman–Crippen LogP) is 3.69. The maximum atomic E-state index is 5.24. The van der Waals surface area contributed by atoms with Crippen molar-refractivity contribution >= 4 is 33.2 Å². The van der Waals surface area contributed by atoms with E-state index in [0.717, 1.165) is 28.3 Å². The van der Waals surface area contributed by atoms with E-state index in [9.17, 15) is 0 Å². The maximum Gasteiger partial charge on any atom is 0.191 e. The molecule has 2 N–H and O–H groups in total. The Bertz CT molecular complexity index is 655. The van der Waals surface area contributed by atoms with Crippen molar-refractivity contribution in [3.63, 3.8) is 0 Å². The number of methoxy groups -OCH3 is 1. The Morgan fingerprint density at radius 3 is 2.64 bits per heavy atom. The molecule has 1 aromatic carbocycles. The highest BCUT2D eigenvalue weighted by molar-refractivity contribution is 9.10. The van der Waals surface area contributed by atoms with Crippen LogP contribution in [0.5, 0.6) is 5.75 Å². The van der Waals surface area contributed by atoms with E-state index in [4.69, 9.17) is 4.74 Å². The second kappa shape index (κ2) is 8.19. The van der Waals surface area contributed by atoms with Crippen LogP contribution in [0.15, 0.2) is 39.1 Å². The van der Waals surface area contributed by atoms with Crippen LogP contribution in [-0.4, -0.2) is 20.1 Å². The number of aryl methyl sites for hydroxylation is 1. The SMILES string of the molecule is CN=C(NCc1ccc(OC)c(Br)c1)NCc1sccc1C. The molecule has 0 aliphatic heterocycles. The van der Waals surface area contributed by atoms with Crippen molar-refractivity contribution in [3.05, 3.63) is 50.1 Å². The number of thiophene rings is 1. The molecule has 0 saturated carbocycles. The van der Waals surface area contributed by atoms with Gasteiger partial charge < -0.3 is 15.4 Å². The van der Waals surface area contributed by atoms with Crippen LogP contribution in [0.2, 0.25) is 0 Å². The Hall–Kier alpha value is -1.53. The van der Waals surface area contributed by atoms with Gasteiger partial charge in [-0.25, -0.2) is 0 Å². The number of rotatable bonds is 5. The number of nitrogens with zero attached hydrogens (tertiary/aromatic N) is 1. The summed E-state index contributed by atoms with van der Waals surface area (Å²) >= 11 is 5.26. The van der Waals surface area contributed by atoms with Gasteiger partial charge in [0.25, 0.3) is 0 Å². The van der Waals surface area contributed by atoms with Crippen molar-refractivity contribution in [2.24, 2.45) is 4.99 Å². The second-order valence-corrected chi connectivity index (χ2v) is 6.63. The lowest BCUT2D eigenvalue weighted by Gasteiger charge is -2.12. The van der Waals surface area contributed by atoms with Crippen LogP contribution in [0, 0.1) is 6.92 Å². The molecule has 0 radical (unpaired) electrons. The molecule has 0 bridgehead atoms. The molecular weight excluding hydrogens is 362 g/mol. The summed E-state index contributed by atoms with van der Waals surface area (Å²) in [7, 11) is 3.44. The van der Waals surface area contributed by atoms with E-state index in [1.165, 1.54) is 10.4 Å². The lowest BCUT2D eigenvalue weighted by atomic mass is 10.2. The fraction of sp³-hybridized carbons (Fsp3) is 0.312. The first kappa shape index (κ1) is 16.8. The van der Waals surface area contributed by atoms with Gasteiger partial charge in [0.1, 0.15) is 5.75 Å². The molecule has 1 heterocycles. The van der Waals surface area contributed by atoms with Crippen LogP contribution < -0.4 is 15.4 Å². The summed E-state index contributed by atoms with van der Waals surface area (Å²) < 4.78 is 6.19. The van der Waals surface area contributed by atoms with Gasteiger partial charge in [0.15, 0.2) is 5.96 Å². The summed E-state index contributed by atoms with van der Waals surface area (Å²) in [5.74, 6) is 1.62. The molecule has 0 fully saturated rings. The summed E-state index contributed by atoms with van der Waals surface area (Å²) in [5.41, 5.74) is 2.47. The van der Waals surface area contributed by atoms with Gasteiger partial charge >= 0.3 is 0 Å². The standard InChI is InChI=1S/C16H20BrN3OS/c1-11-6-7-22-15(11)10-20-16(18-2)19-9-12-4-5-14(21-3)13(17)8-12/h4-8H,9-10H2,1-3H3,(H2,18,19,20). The summed E-state index contributed by atoms with van der Waals surface area (Å²) in [6.07, 6.45) is 0. The molecule has 0 aliphatic carbocycles. The largest absolute Gasteiger partial charge is 0.496 e. The van der Waals surface area contributed by atoms with Gasteiger partial charge in [0.05, 0.1) is 18.1 Å². The highest BCUT2D eigenvalue weighted by atomic mass is 79.9. The minimum Gasteiger partial charge on any atom is -0.496 e. The minimum atomic E-state index is 0.700. The lowest BCUT2D eigenvalue weighted by molar-refractivity contribution is 0.412. The summed E-state index contributed by atoms with van der Waals surface area (Å²) in [6, 6.07) is 8.16. The number of hydrogen-bond acceptors (Lipinski definition) is 3. The fourth-order valence-electron chi connectivity index (χ4n) is 1.98. The number of ether oxygens (including phenoxy) is 1. The Kier molecular flexibility index (Phi) is 6.27. The Labute approximate surface area is 143 Å². The molecule has 2 rings (SSSR count). The molecule has 118 valence electrons. The van der Waals surface area contributed by atoms with Gasteiger partial charge in [-0.15, -0.1) is 11.3 Å². The molecule has 0 amide bonds. The molecule has 6 heteroatoms. The monoisotopic (exact) mass is 381 g/mol.